The van der Waals surface area contributed by atoms with Crippen molar-refractivity contribution < 1.29 is 24.5 Å². The maximum absolute atomic E-state index is 11.5. The van der Waals surface area contributed by atoms with Crippen LogP contribution in [0, 0.1) is 0 Å². The third-order valence-electron chi connectivity index (χ3n) is 3.02. The van der Waals surface area contributed by atoms with Crippen molar-refractivity contribution in [3.05, 3.63) is 22.3 Å². The molecule has 0 fully saturated rings. The molecule has 16 heavy (non-hydrogen) atoms. The maximum Gasteiger partial charge on any atom is 0.339 e. The van der Waals surface area contributed by atoms with Crippen LogP contribution in [-0.4, -0.2) is 35.9 Å². The van der Waals surface area contributed by atoms with Gasteiger partial charge in [0.1, 0.15) is 0 Å². The largest absolute Gasteiger partial charge is 0.466 e. The lowest BCUT2D eigenvalue weighted by molar-refractivity contribution is -0.185. The van der Waals surface area contributed by atoms with Gasteiger partial charge in [-0.05, 0) is 25.3 Å². The molecule has 0 saturated carbocycles. The Morgan fingerprint density at radius 3 is 2.69 bits per heavy atom. The van der Waals surface area contributed by atoms with Crippen LogP contribution in [0.3, 0.4) is 0 Å². The lowest BCUT2D eigenvalue weighted by atomic mass is 9.97. The molecule has 2 N–H and O–H groups in total. The molecule has 1 heterocycles. The number of carbonyl (C=O) groups is 1. The molecule has 0 saturated heterocycles. The monoisotopic (exact) mass is 226 g/mol. The first-order chi connectivity index (χ1) is 7.56. The Morgan fingerprint density at radius 2 is 2.06 bits per heavy atom. The van der Waals surface area contributed by atoms with Gasteiger partial charge in [-0.3, -0.25) is 0 Å². The van der Waals surface area contributed by atoms with Gasteiger partial charge in [0.2, 0.25) is 0 Å². The average Bonchev–Trinajstić information content (AvgIpc) is 2.60. The summed E-state index contributed by atoms with van der Waals surface area (Å²) in [6, 6.07) is 0. The zero-order valence-corrected chi connectivity index (χ0v) is 9.19. The first kappa shape index (κ1) is 11.3. The van der Waals surface area contributed by atoms with Gasteiger partial charge in [-0.25, -0.2) is 4.79 Å². The molecule has 1 aliphatic heterocycles. The lowest BCUT2D eigenvalue weighted by Gasteiger charge is -2.28. The van der Waals surface area contributed by atoms with Gasteiger partial charge in [-0.2, -0.15) is 0 Å². The molecule has 0 amide bonds. The summed E-state index contributed by atoms with van der Waals surface area (Å²) in [5.41, 5.74) is 2.37. The van der Waals surface area contributed by atoms with Gasteiger partial charge in [-0.15, -0.1) is 0 Å². The quantitative estimate of drug-likeness (QED) is 0.626. The van der Waals surface area contributed by atoms with E-state index in [0.717, 1.165) is 12.0 Å². The number of aliphatic hydroxyl groups is 2. The smallest absolute Gasteiger partial charge is 0.339 e. The van der Waals surface area contributed by atoms with Crippen molar-refractivity contribution in [3.63, 3.8) is 0 Å². The highest BCUT2D eigenvalue weighted by Gasteiger charge is 2.38. The minimum Gasteiger partial charge on any atom is -0.466 e. The Bertz CT molecular complexity index is 393. The van der Waals surface area contributed by atoms with Crippen LogP contribution in [0.2, 0.25) is 0 Å². The summed E-state index contributed by atoms with van der Waals surface area (Å²) in [5, 5.41) is 19.3. The minimum absolute atomic E-state index is 0.111. The van der Waals surface area contributed by atoms with Crippen LogP contribution in [0.5, 0.6) is 0 Å². The van der Waals surface area contributed by atoms with E-state index in [9.17, 15) is 15.0 Å². The molecule has 0 bridgehead atoms. The fourth-order valence-electron chi connectivity index (χ4n) is 2.22. The third kappa shape index (κ3) is 1.57. The Hall–Kier alpha value is -1.17. The zero-order chi connectivity index (χ0) is 11.9. The molecular formula is C11H14O5. The number of allylic oxidation sites excluding steroid dienone is 1. The normalized spacial score (nSPS) is 29.5. The molecule has 88 valence electrons. The first-order valence-corrected chi connectivity index (χ1v) is 5.09. The first-order valence-electron chi connectivity index (χ1n) is 5.09. The van der Waals surface area contributed by atoms with E-state index in [0.29, 0.717) is 17.6 Å². The van der Waals surface area contributed by atoms with Crippen LogP contribution < -0.4 is 0 Å². The molecule has 0 aromatic rings. The minimum atomic E-state index is -1.41. The Morgan fingerprint density at radius 1 is 1.38 bits per heavy atom. The fraction of sp³-hybridized carbons (Fsp3) is 0.545. The van der Waals surface area contributed by atoms with E-state index in [4.69, 9.17) is 4.74 Å². The lowest BCUT2D eigenvalue weighted by Crippen LogP contribution is -2.35. The van der Waals surface area contributed by atoms with Crippen molar-refractivity contribution in [1.29, 1.82) is 0 Å². The Labute approximate surface area is 93.0 Å². The van der Waals surface area contributed by atoms with Crippen LogP contribution >= 0.6 is 0 Å². The SMILES string of the molecule is COC(=O)C1=C2CCC(C)=C2C(O)OC1O. The number of ether oxygens (including phenoxy) is 2. The molecule has 5 heteroatoms. The van der Waals surface area contributed by atoms with E-state index in [2.05, 4.69) is 4.74 Å². The molecule has 0 aromatic carbocycles. The molecule has 2 rings (SSSR count). The summed E-state index contributed by atoms with van der Waals surface area (Å²) in [6.45, 7) is 1.88. The number of fused-ring (bicyclic) bond motifs is 1. The molecule has 0 radical (unpaired) electrons. The number of aliphatic hydroxyl groups excluding tert-OH is 2. The van der Waals surface area contributed by atoms with E-state index in [-0.39, 0.29) is 5.57 Å². The van der Waals surface area contributed by atoms with Gasteiger partial charge >= 0.3 is 5.97 Å². The van der Waals surface area contributed by atoms with Crippen LogP contribution in [0.4, 0.5) is 0 Å². The summed E-state index contributed by atoms with van der Waals surface area (Å²) in [5.74, 6) is -0.610. The molecule has 2 unspecified atom stereocenters. The second-order valence-corrected chi connectivity index (χ2v) is 3.92. The van der Waals surface area contributed by atoms with E-state index in [1.54, 1.807) is 0 Å². The zero-order valence-electron chi connectivity index (χ0n) is 9.19. The maximum atomic E-state index is 11.5. The van der Waals surface area contributed by atoms with Crippen LogP contribution in [0.15, 0.2) is 22.3 Å². The number of rotatable bonds is 1. The predicted octanol–water partition coefficient (Wildman–Crippen LogP) is 0.233. The Balaban J connectivity index is 2.52. The molecule has 1 aliphatic carbocycles. The molecule has 0 aromatic heterocycles. The van der Waals surface area contributed by atoms with Gasteiger partial charge in [0.15, 0.2) is 12.6 Å². The fourth-order valence-corrected chi connectivity index (χ4v) is 2.22. The van der Waals surface area contributed by atoms with Crippen molar-refractivity contribution in [2.75, 3.05) is 7.11 Å². The van der Waals surface area contributed by atoms with Crippen molar-refractivity contribution in [2.45, 2.75) is 32.3 Å². The second-order valence-electron chi connectivity index (χ2n) is 3.92. The molecular weight excluding hydrogens is 212 g/mol. The van der Waals surface area contributed by atoms with Gasteiger partial charge in [0, 0.05) is 5.57 Å². The summed E-state index contributed by atoms with van der Waals surface area (Å²) < 4.78 is 9.50. The standard InChI is InChI=1S/C11H14O5/c1-5-3-4-6-7(5)10(13)16-11(14)8(6)9(12)15-2/h10-11,13-14H,3-4H2,1-2H3. The molecule has 5 nitrogen and oxygen atoms in total. The van der Waals surface area contributed by atoms with Crippen molar-refractivity contribution in [1.82, 2.24) is 0 Å². The number of hydrogen-bond donors (Lipinski definition) is 2. The molecule has 0 spiro atoms. The van der Waals surface area contributed by atoms with E-state index in [1.165, 1.54) is 7.11 Å². The van der Waals surface area contributed by atoms with Crippen LogP contribution in [-0.2, 0) is 14.3 Å². The number of carbonyl (C=O) groups excluding carboxylic acids is 1. The number of esters is 1. The highest BCUT2D eigenvalue weighted by atomic mass is 16.7. The van der Waals surface area contributed by atoms with Crippen LogP contribution in [0.1, 0.15) is 19.8 Å². The van der Waals surface area contributed by atoms with Crippen molar-refractivity contribution in [2.24, 2.45) is 0 Å². The molecule has 2 aliphatic rings. The van der Waals surface area contributed by atoms with E-state index < -0.39 is 18.5 Å². The van der Waals surface area contributed by atoms with Gasteiger partial charge in [0.05, 0.1) is 12.7 Å². The highest BCUT2D eigenvalue weighted by Crippen LogP contribution is 2.40. The number of methoxy groups -OCH3 is 1. The summed E-state index contributed by atoms with van der Waals surface area (Å²) in [6.07, 6.45) is -1.17. The summed E-state index contributed by atoms with van der Waals surface area (Å²) in [7, 11) is 1.25. The van der Waals surface area contributed by atoms with Gasteiger partial charge < -0.3 is 19.7 Å². The predicted molar refractivity (Wildman–Crippen MR) is 54.1 cm³/mol. The highest BCUT2D eigenvalue weighted by molar-refractivity contribution is 5.91. The summed E-state index contributed by atoms with van der Waals surface area (Å²) in [4.78, 5) is 11.5. The average molecular weight is 226 g/mol. The van der Waals surface area contributed by atoms with Crippen molar-refractivity contribution in [3.8, 4) is 0 Å². The second kappa shape index (κ2) is 4.01. The topological polar surface area (TPSA) is 76.0 Å². The van der Waals surface area contributed by atoms with E-state index in [1.807, 2.05) is 6.92 Å². The number of hydrogen-bond acceptors (Lipinski definition) is 5. The van der Waals surface area contributed by atoms with E-state index >= 15 is 0 Å². The third-order valence-corrected chi connectivity index (χ3v) is 3.02. The molecule has 2 atom stereocenters. The summed E-state index contributed by atoms with van der Waals surface area (Å²) >= 11 is 0. The Kier molecular flexibility index (Phi) is 2.84. The van der Waals surface area contributed by atoms with Crippen molar-refractivity contribution >= 4 is 5.97 Å². The van der Waals surface area contributed by atoms with Gasteiger partial charge in [0.25, 0.3) is 0 Å². The van der Waals surface area contributed by atoms with Gasteiger partial charge in [-0.1, -0.05) is 5.57 Å². The van der Waals surface area contributed by atoms with Crippen LogP contribution in [0.25, 0.3) is 0 Å².